The second-order valence-corrected chi connectivity index (χ2v) is 5.18. The van der Waals surface area contributed by atoms with E-state index in [1.807, 2.05) is 30.6 Å². The number of thiazole rings is 1. The maximum absolute atomic E-state index is 12.0. The highest BCUT2D eigenvalue weighted by Gasteiger charge is 2.15. The van der Waals surface area contributed by atoms with E-state index in [1.165, 1.54) is 11.3 Å². The molecule has 2 heterocycles. The van der Waals surface area contributed by atoms with Crippen LogP contribution in [-0.4, -0.2) is 41.8 Å². The van der Waals surface area contributed by atoms with Crippen molar-refractivity contribution in [3.05, 3.63) is 23.7 Å². The van der Waals surface area contributed by atoms with E-state index in [4.69, 9.17) is 9.47 Å². The first-order valence-electron chi connectivity index (χ1n) is 6.80. The topological polar surface area (TPSA) is 76.2 Å². The number of hydrogen-bond acceptors (Lipinski definition) is 5. The Hall–Kier alpha value is -1.70. The van der Waals surface area contributed by atoms with Crippen molar-refractivity contribution in [1.82, 2.24) is 9.97 Å². The third-order valence-corrected chi connectivity index (χ3v) is 3.53. The first kappa shape index (κ1) is 15.7. The van der Waals surface area contributed by atoms with Crippen LogP contribution in [0.3, 0.4) is 0 Å². The number of H-pyrrole nitrogens is 1. The van der Waals surface area contributed by atoms with E-state index in [1.54, 1.807) is 6.92 Å². The molecule has 0 aliphatic heterocycles. The molecule has 6 nitrogen and oxygen atoms in total. The van der Waals surface area contributed by atoms with Crippen LogP contribution in [0.1, 0.15) is 13.8 Å². The van der Waals surface area contributed by atoms with Gasteiger partial charge in [-0.05, 0) is 26.0 Å². The van der Waals surface area contributed by atoms with Crippen LogP contribution in [0.2, 0.25) is 0 Å². The molecule has 0 aromatic carbocycles. The summed E-state index contributed by atoms with van der Waals surface area (Å²) in [6.07, 6.45) is 1.30. The fourth-order valence-corrected chi connectivity index (χ4v) is 2.37. The van der Waals surface area contributed by atoms with Gasteiger partial charge >= 0.3 is 0 Å². The molecule has 0 fully saturated rings. The van der Waals surface area contributed by atoms with Gasteiger partial charge < -0.3 is 14.5 Å². The van der Waals surface area contributed by atoms with E-state index < -0.39 is 6.10 Å². The summed E-state index contributed by atoms with van der Waals surface area (Å²) in [4.78, 5) is 19.4. The summed E-state index contributed by atoms with van der Waals surface area (Å²) in [5, 5.41) is 5.20. The van der Waals surface area contributed by atoms with Gasteiger partial charge in [0.2, 0.25) is 0 Å². The molecule has 7 heteroatoms. The molecule has 0 saturated carbocycles. The third-order valence-electron chi connectivity index (χ3n) is 2.78. The van der Waals surface area contributed by atoms with Gasteiger partial charge in [-0.15, -0.1) is 11.3 Å². The summed E-state index contributed by atoms with van der Waals surface area (Å²) in [6.45, 7) is 5.15. The summed E-state index contributed by atoms with van der Waals surface area (Å²) in [7, 11) is 0. The largest absolute Gasteiger partial charge is 0.379 e. The predicted molar refractivity (Wildman–Crippen MR) is 82.4 cm³/mol. The summed E-state index contributed by atoms with van der Waals surface area (Å²) in [5.41, 5.74) is 1.73. The van der Waals surface area contributed by atoms with E-state index in [0.717, 1.165) is 11.4 Å². The molecule has 21 heavy (non-hydrogen) atoms. The number of hydrogen-bond donors (Lipinski definition) is 2. The molecule has 0 aliphatic rings. The van der Waals surface area contributed by atoms with E-state index in [9.17, 15) is 4.79 Å². The Morgan fingerprint density at radius 3 is 3.10 bits per heavy atom. The lowest BCUT2D eigenvalue weighted by Gasteiger charge is -2.11. The van der Waals surface area contributed by atoms with Crippen LogP contribution < -0.4 is 5.32 Å². The Balaban J connectivity index is 1.82. The number of anilines is 1. The second-order valence-electron chi connectivity index (χ2n) is 4.32. The van der Waals surface area contributed by atoms with E-state index >= 15 is 0 Å². The van der Waals surface area contributed by atoms with Gasteiger partial charge in [-0.1, -0.05) is 0 Å². The SMILES string of the molecule is CCOCCO[C@@H](C)C(=O)Nc1nc(-c2ccc[nH]2)cs1. The van der Waals surface area contributed by atoms with Crippen molar-refractivity contribution in [1.29, 1.82) is 0 Å². The lowest BCUT2D eigenvalue weighted by molar-refractivity contribution is -0.127. The minimum absolute atomic E-state index is 0.209. The van der Waals surface area contributed by atoms with Gasteiger partial charge in [0, 0.05) is 18.2 Å². The van der Waals surface area contributed by atoms with Gasteiger partial charge in [0.15, 0.2) is 5.13 Å². The fraction of sp³-hybridized carbons (Fsp3) is 0.429. The summed E-state index contributed by atoms with van der Waals surface area (Å²) in [6, 6.07) is 3.83. The van der Waals surface area contributed by atoms with Gasteiger partial charge in [-0.3, -0.25) is 10.1 Å². The Morgan fingerprint density at radius 2 is 2.38 bits per heavy atom. The van der Waals surface area contributed by atoms with Crippen molar-refractivity contribution in [2.45, 2.75) is 20.0 Å². The molecular formula is C14H19N3O3S. The molecule has 2 rings (SSSR count). The predicted octanol–water partition coefficient (Wildman–Crippen LogP) is 2.52. The van der Waals surface area contributed by atoms with Crippen LogP contribution in [0.5, 0.6) is 0 Å². The number of ether oxygens (including phenoxy) is 2. The first-order chi connectivity index (χ1) is 10.2. The second kappa shape index (κ2) is 7.92. The molecule has 114 valence electrons. The number of nitrogens with zero attached hydrogens (tertiary/aromatic N) is 1. The Bertz CT molecular complexity index is 554. The van der Waals surface area contributed by atoms with Crippen molar-refractivity contribution in [2.75, 3.05) is 25.1 Å². The van der Waals surface area contributed by atoms with Crippen molar-refractivity contribution >= 4 is 22.4 Å². The maximum atomic E-state index is 12.0. The van der Waals surface area contributed by atoms with E-state index in [0.29, 0.717) is 25.0 Å². The van der Waals surface area contributed by atoms with Crippen molar-refractivity contribution in [2.24, 2.45) is 0 Å². The number of carbonyl (C=O) groups is 1. The number of amides is 1. The van der Waals surface area contributed by atoms with Crippen LogP contribution in [-0.2, 0) is 14.3 Å². The van der Waals surface area contributed by atoms with E-state index in [2.05, 4.69) is 15.3 Å². The molecule has 0 aliphatic carbocycles. The quantitative estimate of drug-likeness (QED) is 0.735. The molecule has 1 atom stereocenters. The lowest BCUT2D eigenvalue weighted by atomic mass is 10.3. The number of rotatable bonds is 8. The van der Waals surface area contributed by atoms with Crippen LogP contribution in [0, 0.1) is 0 Å². The summed E-state index contributed by atoms with van der Waals surface area (Å²) >= 11 is 1.38. The average molecular weight is 309 g/mol. The van der Waals surface area contributed by atoms with Crippen molar-refractivity contribution in [3.63, 3.8) is 0 Å². The van der Waals surface area contributed by atoms with Gasteiger partial charge in [0.1, 0.15) is 6.10 Å². The number of aromatic nitrogens is 2. The number of nitrogens with one attached hydrogen (secondary N) is 2. The highest BCUT2D eigenvalue weighted by Crippen LogP contribution is 2.23. The minimum Gasteiger partial charge on any atom is -0.379 e. The van der Waals surface area contributed by atoms with Crippen molar-refractivity contribution in [3.8, 4) is 11.4 Å². The zero-order valence-corrected chi connectivity index (χ0v) is 12.9. The highest BCUT2D eigenvalue weighted by atomic mass is 32.1. The van der Waals surface area contributed by atoms with Crippen LogP contribution >= 0.6 is 11.3 Å². The molecule has 0 saturated heterocycles. The van der Waals surface area contributed by atoms with Crippen molar-refractivity contribution < 1.29 is 14.3 Å². The van der Waals surface area contributed by atoms with Crippen LogP contribution in [0.25, 0.3) is 11.4 Å². The van der Waals surface area contributed by atoms with Gasteiger partial charge in [-0.2, -0.15) is 0 Å². The molecule has 1 amide bonds. The smallest absolute Gasteiger partial charge is 0.254 e. The Morgan fingerprint density at radius 1 is 1.52 bits per heavy atom. The Kier molecular flexibility index (Phi) is 5.91. The summed E-state index contributed by atoms with van der Waals surface area (Å²) < 4.78 is 10.5. The minimum atomic E-state index is -0.539. The number of aromatic amines is 1. The average Bonchev–Trinajstić information content (AvgIpc) is 3.13. The molecule has 2 aromatic rings. The van der Waals surface area contributed by atoms with Crippen LogP contribution in [0.4, 0.5) is 5.13 Å². The number of carbonyl (C=O) groups excluding carboxylic acids is 1. The zero-order valence-electron chi connectivity index (χ0n) is 12.1. The molecule has 0 bridgehead atoms. The zero-order chi connectivity index (χ0) is 15.1. The van der Waals surface area contributed by atoms with Gasteiger partial charge in [0.25, 0.3) is 5.91 Å². The standard InChI is InChI=1S/C14H19N3O3S/c1-3-19-7-8-20-10(2)13(18)17-14-16-12(9-21-14)11-5-4-6-15-11/h4-6,9-10,15H,3,7-8H2,1-2H3,(H,16,17,18)/t10-/m0/s1. The monoisotopic (exact) mass is 309 g/mol. The lowest BCUT2D eigenvalue weighted by Crippen LogP contribution is -2.28. The molecule has 2 N–H and O–H groups in total. The molecular weight excluding hydrogens is 290 g/mol. The fourth-order valence-electron chi connectivity index (χ4n) is 1.66. The van der Waals surface area contributed by atoms with Crippen LogP contribution in [0.15, 0.2) is 23.7 Å². The first-order valence-corrected chi connectivity index (χ1v) is 7.68. The molecule has 0 unspecified atom stereocenters. The molecule has 2 aromatic heterocycles. The van der Waals surface area contributed by atoms with Gasteiger partial charge in [0.05, 0.1) is 24.6 Å². The normalized spacial score (nSPS) is 12.3. The Labute approximate surface area is 127 Å². The molecule has 0 radical (unpaired) electrons. The maximum Gasteiger partial charge on any atom is 0.254 e. The summed E-state index contributed by atoms with van der Waals surface area (Å²) in [5.74, 6) is -0.209. The molecule has 0 spiro atoms. The van der Waals surface area contributed by atoms with E-state index in [-0.39, 0.29) is 5.91 Å². The highest BCUT2D eigenvalue weighted by molar-refractivity contribution is 7.14. The third kappa shape index (κ3) is 4.66. The van der Waals surface area contributed by atoms with Gasteiger partial charge in [-0.25, -0.2) is 4.98 Å².